The molecule has 35 heavy (non-hydrogen) atoms. The van der Waals surface area contributed by atoms with E-state index in [1.807, 2.05) is 0 Å². The van der Waals surface area contributed by atoms with Crippen molar-refractivity contribution in [3.05, 3.63) is 95.6 Å². The molecular weight excluding hydrogens is 430 g/mol. The van der Waals surface area contributed by atoms with E-state index < -0.39 is 0 Å². The fourth-order valence-electron chi connectivity index (χ4n) is 6.56. The third-order valence-electron chi connectivity index (χ3n) is 8.32. The average molecular weight is 470 g/mol. The third-order valence-corrected chi connectivity index (χ3v) is 8.32. The molecule has 0 aliphatic carbocycles. The second-order valence-electron chi connectivity index (χ2n) is 10.4. The summed E-state index contributed by atoms with van der Waals surface area (Å²) in [5, 5.41) is 7.97. The van der Waals surface area contributed by atoms with Gasteiger partial charge in [-0.3, -0.25) is 10.2 Å². The van der Waals surface area contributed by atoms with Crippen LogP contribution in [0.25, 0.3) is 0 Å². The van der Waals surface area contributed by atoms with Gasteiger partial charge in [-0.2, -0.15) is 0 Å². The Kier molecular flexibility index (Phi) is 6.86. The fraction of sp³-hybridized carbons (Fsp3) is 0.419. The van der Waals surface area contributed by atoms with Crippen molar-refractivity contribution < 1.29 is 4.74 Å². The minimum atomic E-state index is -0.275. The minimum Gasteiger partial charge on any atom is -0.495 e. The standard InChI is InChI=1S/C31H39N3O/c1-22(2)26-15-16-28(35-4)27(21-26)33-30-25-17-19-34(20-18-25)31(30,32-3)29(23-11-7-5-8-12-23)24-13-9-6-10-14-24/h5-16,21-22,25,29-30,32-33H,17-20H2,1-4H3. The molecule has 0 aromatic heterocycles. The first-order valence-corrected chi connectivity index (χ1v) is 13.1. The van der Waals surface area contributed by atoms with Crippen LogP contribution >= 0.6 is 0 Å². The Hall–Kier alpha value is -2.82. The molecule has 2 atom stereocenters. The molecule has 6 rings (SSSR count). The van der Waals surface area contributed by atoms with Crippen LogP contribution in [-0.4, -0.2) is 43.9 Å². The number of hydrogen-bond donors (Lipinski definition) is 2. The number of methoxy groups -OCH3 is 1. The Morgan fingerprint density at radius 2 is 1.46 bits per heavy atom. The fourth-order valence-corrected chi connectivity index (χ4v) is 6.56. The molecule has 3 saturated heterocycles. The van der Waals surface area contributed by atoms with Crippen molar-refractivity contribution in [1.82, 2.24) is 10.2 Å². The number of anilines is 1. The molecule has 3 aliphatic heterocycles. The highest BCUT2D eigenvalue weighted by Crippen LogP contribution is 2.49. The van der Waals surface area contributed by atoms with E-state index in [0.717, 1.165) is 24.5 Å². The average Bonchev–Trinajstić information content (AvgIpc) is 2.91. The first-order chi connectivity index (χ1) is 17.1. The number of ether oxygens (including phenoxy) is 1. The Bertz CT molecular complexity index is 1070. The van der Waals surface area contributed by atoms with Crippen molar-refractivity contribution in [2.24, 2.45) is 5.92 Å². The Balaban J connectivity index is 1.66. The molecule has 0 radical (unpaired) electrons. The lowest BCUT2D eigenvalue weighted by Crippen LogP contribution is -2.77. The van der Waals surface area contributed by atoms with Gasteiger partial charge in [0, 0.05) is 19.0 Å². The number of rotatable bonds is 8. The maximum atomic E-state index is 5.84. The summed E-state index contributed by atoms with van der Waals surface area (Å²) >= 11 is 0. The lowest BCUT2D eigenvalue weighted by molar-refractivity contribution is -0.0689. The van der Waals surface area contributed by atoms with E-state index in [9.17, 15) is 0 Å². The summed E-state index contributed by atoms with van der Waals surface area (Å²) in [6.45, 7) is 6.73. The molecule has 0 spiro atoms. The monoisotopic (exact) mass is 469 g/mol. The van der Waals surface area contributed by atoms with Crippen LogP contribution in [0.15, 0.2) is 78.9 Å². The van der Waals surface area contributed by atoms with Crippen LogP contribution in [0.4, 0.5) is 5.69 Å². The number of fused-ring (bicyclic) bond motifs is 3. The van der Waals surface area contributed by atoms with Gasteiger partial charge in [0.15, 0.2) is 0 Å². The van der Waals surface area contributed by atoms with E-state index in [-0.39, 0.29) is 17.6 Å². The van der Waals surface area contributed by atoms with E-state index in [1.54, 1.807) is 7.11 Å². The van der Waals surface area contributed by atoms with Gasteiger partial charge in [-0.15, -0.1) is 0 Å². The zero-order valence-electron chi connectivity index (χ0n) is 21.5. The molecule has 2 bridgehead atoms. The zero-order valence-corrected chi connectivity index (χ0v) is 21.5. The summed E-state index contributed by atoms with van der Waals surface area (Å²) in [5.41, 5.74) is 4.83. The Morgan fingerprint density at radius 3 is 1.97 bits per heavy atom. The molecule has 3 aromatic carbocycles. The number of hydrogen-bond acceptors (Lipinski definition) is 4. The van der Waals surface area contributed by atoms with Crippen LogP contribution in [0, 0.1) is 5.92 Å². The number of piperidine rings is 3. The molecule has 3 aromatic rings. The topological polar surface area (TPSA) is 36.5 Å². The molecular formula is C31H39N3O. The van der Waals surface area contributed by atoms with Gasteiger partial charge in [0.05, 0.1) is 18.8 Å². The first kappa shape index (κ1) is 23.9. The maximum absolute atomic E-state index is 5.84. The highest BCUT2D eigenvalue weighted by molar-refractivity contribution is 5.60. The normalized spacial score (nSPS) is 25.7. The summed E-state index contributed by atoms with van der Waals surface area (Å²) in [7, 11) is 3.92. The third kappa shape index (κ3) is 4.23. The summed E-state index contributed by atoms with van der Waals surface area (Å²) in [5.74, 6) is 2.12. The van der Waals surface area contributed by atoms with E-state index in [4.69, 9.17) is 4.74 Å². The van der Waals surface area contributed by atoms with Crippen LogP contribution < -0.4 is 15.4 Å². The second kappa shape index (κ2) is 10.0. The number of likely N-dealkylation sites (N-methyl/N-ethyl adjacent to an activating group) is 1. The Morgan fingerprint density at radius 1 is 0.857 bits per heavy atom. The highest BCUT2D eigenvalue weighted by atomic mass is 16.5. The lowest BCUT2D eigenvalue weighted by atomic mass is 9.65. The van der Waals surface area contributed by atoms with Gasteiger partial charge in [-0.05, 0) is 60.5 Å². The van der Waals surface area contributed by atoms with Crippen molar-refractivity contribution >= 4 is 5.69 Å². The smallest absolute Gasteiger partial charge is 0.141 e. The minimum absolute atomic E-state index is 0.176. The molecule has 3 aliphatic rings. The van der Waals surface area contributed by atoms with Crippen molar-refractivity contribution in [3.8, 4) is 5.75 Å². The van der Waals surface area contributed by atoms with Gasteiger partial charge in [0.2, 0.25) is 0 Å². The van der Waals surface area contributed by atoms with Gasteiger partial charge in [0.25, 0.3) is 0 Å². The lowest BCUT2D eigenvalue weighted by Gasteiger charge is -2.62. The van der Waals surface area contributed by atoms with Gasteiger partial charge in [-0.1, -0.05) is 80.6 Å². The van der Waals surface area contributed by atoms with E-state index in [1.165, 1.54) is 29.5 Å². The predicted molar refractivity (Wildman–Crippen MR) is 145 cm³/mol. The summed E-state index contributed by atoms with van der Waals surface area (Å²) in [4.78, 5) is 2.70. The zero-order chi connectivity index (χ0) is 24.4. The first-order valence-electron chi connectivity index (χ1n) is 13.1. The molecule has 4 nitrogen and oxygen atoms in total. The number of benzene rings is 3. The molecule has 2 unspecified atom stereocenters. The van der Waals surface area contributed by atoms with Crippen molar-refractivity contribution in [3.63, 3.8) is 0 Å². The van der Waals surface area contributed by atoms with Crippen LogP contribution in [0.3, 0.4) is 0 Å². The van der Waals surface area contributed by atoms with Crippen LogP contribution in [0.2, 0.25) is 0 Å². The summed E-state index contributed by atoms with van der Waals surface area (Å²) < 4.78 is 5.84. The van der Waals surface area contributed by atoms with E-state index >= 15 is 0 Å². The summed E-state index contributed by atoms with van der Waals surface area (Å²) in [6.07, 6.45) is 2.42. The SMILES string of the molecule is CNC1(C(c2ccccc2)c2ccccc2)C(Nc2cc(C(C)C)ccc2OC)C2CCN1CC2. The quantitative estimate of drug-likeness (QED) is 0.420. The van der Waals surface area contributed by atoms with Gasteiger partial charge < -0.3 is 10.1 Å². The molecule has 184 valence electrons. The van der Waals surface area contributed by atoms with Gasteiger partial charge in [-0.25, -0.2) is 0 Å². The number of nitrogens with one attached hydrogen (secondary N) is 2. The molecule has 2 N–H and O–H groups in total. The van der Waals surface area contributed by atoms with E-state index in [2.05, 4.69) is 115 Å². The molecule has 3 fully saturated rings. The highest BCUT2D eigenvalue weighted by Gasteiger charge is 2.57. The molecule has 3 heterocycles. The van der Waals surface area contributed by atoms with Gasteiger partial charge in [0.1, 0.15) is 11.4 Å². The maximum Gasteiger partial charge on any atom is 0.141 e. The molecule has 0 saturated carbocycles. The van der Waals surface area contributed by atoms with Crippen molar-refractivity contribution in [2.75, 3.05) is 32.6 Å². The second-order valence-corrected chi connectivity index (χ2v) is 10.4. The Labute approximate surface area is 210 Å². The largest absolute Gasteiger partial charge is 0.495 e. The van der Waals surface area contributed by atoms with Crippen molar-refractivity contribution in [2.45, 2.75) is 50.2 Å². The summed E-state index contributed by atoms with van der Waals surface area (Å²) in [6, 6.07) is 28.9. The number of nitrogens with zero attached hydrogens (tertiary/aromatic N) is 1. The van der Waals surface area contributed by atoms with Crippen LogP contribution in [0.5, 0.6) is 5.75 Å². The molecule has 4 heteroatoms. The van der Waals surface area contributed by atoms with E-state index in [0.29, 0.717) is 11.8 Å². The van der Waals surface area contributed by atoms with Crippen molar-refractivity contribution in [1.29, 1.82) is 0 Å². The van der Waals surface area contributed by atoms with Crippen LogP contribution in [0.1, 0.15) is 55.2 Å². The van der Waals surface area contributed by atoms with Gasteiger partial charge >= 0.3 is 0 Å². The predicted octanol–water partition coefficient (Wildman–Crippen LogP) is 6.07. The molecule has 0 amide bonds. The van der Waals surface area contributed by atoms with Crippen LogP contribution in [-0.2, 0) is 0 Å².